The zero-order valence-electron chi connectivity index (χ0n) is 12.0. The summed E-state index contributed by atoms with van der Waals surface area (Å²) in [5, 5.41) is 3.67. The third-order valence-electron chi connectivity index (χ3n) is 4.46. The number of ether oxygens (including phenoxy) is 1. The minimum Gasteiger partial charge on any atom is -0.380 e. The number of hydrogen-bond acceptors (Lipinski definition) is 3. The lowest BCUT2D eigenvalue weighted by Gasteiger charge is -2.35. The fourth-order valence-corrected chi connectivity index (χ4v) is 3.48. The summed E-state index contributed by atoms with van der Waals surface area (Å²) in [6.45, 7) is 10.2. The molecule has 2 fully saturated rings. The van der Waals surface area contributed by atoms with Crippen LogP contribution in [0.3, 0.4) is 0 Å². The predicted octanol–water partition coefficient (Wildman–Crippen LogP) is 2.27. The van der Waals surface area contributed by atoms with E-state index in [0.29, 0.717) is 5.41 Å². The Hall–Kier alpha value is -0.120. The van der Waals surface area contributed by atoms with Crippen molar-refractivity contribution in [1.82, 2.24) is 10.2 Å². The first kappa shape index (κ1) is 14.3. The first-order chi connectivity index (χ1) is 8.85. The van der Waals surface area contributed by atoms with Gasteiger partial charge in [-0.1, -0.05) is 19.8 Å². The summed E-state index contributed by atoms with van der Waals surface area (Å²) in [5.41, 5.74) is 0.555. The summed E-state index contributed by atoms with van der Waals surface area (Å²) in [5.74, 6) is 0. The molecule has 1 saturated carbocycles. The van der Waals surface area contributed by atoms with Crippen LogP contribution in [-0.2, 0) is 4.74 Å². The molecule has 0 spiro atoms. The first-order valence-electron chi connectivity index (χ1n) is 7.85. The summed E-state index contributed by atoms with van der Waals surface area (Å²) in [6.07, 6.45) is 8.14. The van der Waals surface area contributed by atoms with E-state index in [-0.39, 0.29) is 0 Å². The van der Waals surface area contributed by atoms with E-state index in [1.165, 1.54) is 64.7 Å². The summed E-state index contributed by atoms with van der Waals surface area (Å²) < 4.78 is 5.56. The molecule has 1 aliphatic heterocycles. The Morgan fingerprint density at radius 2 is 1.94 bits per heavy atom. The molecule has 0 aromatic rings. The van der Waals surface area contributed by atoms with Gasteiger partial charge in [-0.2, -0.15) is 0 Å². The first-order valence-corrected chi connectivity index (χ1v) is 7.85. The van der Waals surface area contributed by atoms with E-state index in [1.54, 1.807) is 0 Å². The minimum absolute atomic E-state index is 0.555. The van der Waals surface area contributed by atoms with Gasteiger partial charge in [-0.3, -0.25) is 0 Å². The van der Waals surface area contributed by atoms with E-state index >= 15 is 0 Å². The minimum atomic E-state index is 0.555. The molecule has 0 aromatic carbocycles. The third-order valence-corrected chi connectivity index (χ3v) is 4.46. The number of nitrogens with one attached hydrogen (secondary N) is 1. The second-order valence-electron chi connectivity index (χ2n) is 6.13. The number of nitrogens with zero attached hydrogens (tertiary/aromatic N) is 1. The van der Waals surface area contributed by atoms with Crippen molar-refractivity contribution in [3.63, 3.8) is 0 Å². The second kappa shape index (κ2) is 7.46. The van der Waals surface area contributed by atoms with Crippen LogP contribution in [-0.4, -0.2) is 50.8 Å². The Balaban J connectivity index is 1.83. The molecule has 0 radical (unpaired) electrons. The molecule has 0 atom stereocenters. The van der Waals surface area contributed by atoms with E-state index in [2.05, 4.69) is 17.1 Å². The van der Waals surface area contributed by atoms with Crippen molar-refractivity contribution in [1.29, 1.82) is 0 Å². The van der Waals surface area contributed by atoms with E-state index < -0.39 is 0 Å². The predicted molar refractivity (Wildman–Crippen MR) is 75.9 cm³/mol. The van der Waals surface area contributed by atoms with Crippen molar-refractivity contribution in [3.05, 3.63) is 0 Å². The molecule has 0 unspecified atom stereocenters. The molecule has 0 aromatic heterocycles. The quantitative estimate of drug-likeness (QED) is 0.736. The lowest BCUT2D eigenvalue weighted by atomic mass is 9.85. The summed E-state index contributed by atoms with van der Waals surface area (Å²) >= 11 is 0. The van der Waals surface area contributed by atoms with Crippen molar-refractivity contribution >= 4 is 0 Å². The normalized spacial score (nSPS) is 25.2. The highest BCUT2D eigenvalue weighted by molar-refractivity contribution is 4.89. The smallest absolute Gasteiger partial charge is 0.0593 e. The highest BCUT2D eigenvalue weighted by Gasteiger charge is 2.35. The lowest BCUT2D eigenvalue weighted by molar-refractivity contribution is 0.121. The maximum absolute atomic E-state index is 5.56. The maximum Gasteiger partial charge on any atom is 0.0593 e. The standard InChI is InChI=1S/C15H30N2O/c1-2-8-16-13-15(6-3-4-7-15)14-17-9-5-11-18-12-10-17/h16H,2-14H2,1H3. The van der Waals surface area contributed by atoms with Crippen molar-refractivity contribution in [2.24, 2.45) is 5.41 Å². The zero-order valence-corrected chi connectivity index (χ0v) is 12.0. The van der Waals surface area contributed by atoms with Crippen LogP contribution >= 0.6 is 0 Å². The SMILES string of the molecule is CCCNCC1(CN2CCCOCC2)CCCC1. The average molecular weight is 254 g/mol. The Labute approximate surface area is 112 Å². The van der Waals surface area contributed by atoms with E-state index in [9.17, 15) is 0 Å². The summed E-state index contributed by atoms with van der Waals surface area (Å²) in [4.78, 5) is 2.64. The molecule has 106 valence electrons. The van der Waals surface area contributed by atoms with Crippen LogP contribution in [0.2, 0.25) is 0 Å². The third kappa shape index (κ3) is 4.22. The van der Waals surface area contributed by atoms with Crippen molar-refractivity contribution in [2.75, 3.05) is 45.9 Å². The molecule has 1 N–H and O–H groups in total. The number of rotatable bonds is 6. The second-order valence-corrected chi connectivity index (χ2v) is 6.13. The van der Waals surface area contributed by atoms with Gasteiger partial charge in [0.25, 0.3) is 0 Å². The maximum atomic E-state index is 5.56. The van der Waals surface area contributed by atoms with Crippen LogP contribution < -0.4 is 5.32 Å². The van der Waals surface area contributed by atoms with Gasteiger partial charge in [0.05, 0.1) is 6.61 Å². The van der Waals surface area contributed by atoms with Crippen LogP contribution in [0.1, 0.15) is 45.4 Å². The van der Waals surface area contributed by atoms with Gasteiger partial charge in [0.15, 0.2) is 0 Å². The van der Waals surface area contributed by atoms with Gasteiger partial charge in [-0.15, -0.1) is 0 Å². The van der Waals surface area contributed by atoms with Gasteiger partial charge in [0, 0.05) is 32.8 Å². The topological polar surface area (TPSA) is 24.5 Å². The van der Waals surface area contributed by atoms with Crippen LogP contribution in [0.15, 0.2) is 0 Å². The Bertz CT molecular complexity index is 219. The molecule has 18 heavy (non-hydrogen) atoms. The highest BCUT2D eigenvalue weighted by Crippen LogP contribution is 2.38. The molecule has 1 aliphatic carbocycles. The summed E-state index contributed by atoms with van der Waals surface area (Å²) in [6, 6.07) is 0. The molecule has 0 amide bonds. The molecular formula is C15H30N2O. The fraction of sp³-hybridized carbons (Fsp3) is 1.00. The fourth-order valence-electron chi connectivity index (χ4n) is 3.48. The Kier molecular flexibility index (Phi) is 5.93. The van der Waals surface area contributed by atoms with Gasteiger partial charge in [-0.05, 0) is 37.6 Å². The Morgan fingerprint density at radius 1 is 1.11 bits per heavy atom. The van der Waals surface area contributed by atoms with Gasteiger partial charge in [0.1, 0.15) is 0 Å². The van der Waals surface area contributed by atoms with Gasteiger partial charge in [-0.25, -0.2) is 0 Å². The van der Waals surface area contributed by atoms with Crippen LogP contribution in [0.4, 0.5) is 0 Å². The molecular weight excluding hydrogens is 224 g/mol. The Morgan fingerprint density at radius 3 is 2.72 bits per heavy atom. The van der Waals surface area contributed by atoms with Crippen LogP contribution in [0, 0.1) is 5.41 Å². The molecule has 0 bridgehead atoms. The molecule has 3 heteroatoms. The number of hydrogen-bond donors (Lipinski definition) is 1. The van der Waals surface area contributed by atoms with Crippen molar-refractivity contribution in [3.8, 4) is 0 Å². The van der Waals surface area contributed by atoms with Crippen molar-refractivity contribution in [2.45, 2.75) is 45.4 Å². The molecule has 3 nitrogen and oxygen atoms in total. The molecule has 1 heterocycles. The molecule has 2 aliphatic rings. The van der Waals surface area contributed by atoms with Gasteiger partial charge < -0.3 is 15.0 Å². The van der Waals surface area contributed by atoms with Gasteiger partial charge >= 0.3 is 0 Å². The van der Waals surface area contributed by atoms with Crippen LogP contribution in [0.5, 0.6) is 0 Å². The van der Waals surface area contributed by atoms with Crippen LogP contribution in [0.25, 0.3) is 0 Å². The van der Waals surface area contributed by atoms with E-state index in [0.717, 1.165) is 19.8 Å². The zero-order chi connectivity index (χ0) is 12.7. The summed E-state index contributed by atoms with van der Waals surface area (Å²) in [7, 11) is 0. The lowest BCUT2D eigenvalue weighted by Crippen LogP contribution is -2.43. The largest absolute Gasteiger partial charge is 0.380 e. The molecule has 1 saturated heterocycles. The molecule has 2 rings (SSSR count). The average Bonchev–Trinajstić information content (AvgIpc) is 2.67. The highest BCUT2D eigenvalue weighted by atomic mass is 16.5. The van der Waals surface area contributed by atoms with Gasteiger partial charge in [0.2, 0.25) is 0 Å². The van der Waals surface area contributed by atoms with E-state index in [1.807, 2.05) is 0 Å². The van der Waals surface area contributed by atoms with Crippen molar-refractivity contribution < 1.29 is 4.74 Å². The monoisotopic (exact) mass is 254 g/mol. The van der Waals surface area contributed by atoms with E-state index in [4.69, 9.17) is 4.74 Å².